The van der Waals surface area contributed by atoms with Gasteiger partial charge in [0.25, 0.3) is 11.8 Å². The van der Waals surface area contributed by atoms with E-state index in [1.165, 1.54) is 13.2 Å². The number of nitrogens with zero attached hydrogens (tertiary/aromatic N) is 1. The van der Waals surface area contributed by atoms with Crippen molar-refractivity contribution in [2.75, 3.05) is 18.6 Å². The molecule has 0 aliphatic carbocycles. The number of benzene rings is 2. The van der Waals surface area contributed by atoms with Gasteiger partial charge in [-0.15, -0.1) is 6.58 Å². The van der Waals surface area contributed by atoms with Gasteiger partial charge in [0.05, 0.1) is 22.8 Å². The molecule has 1 aliphatic heterocycles. The van der Waals surface area contributed by atoms with Gasteiger partial charge in [-0.25, -0.2) is 4.79 Å². The molecule has 1 heterocycles. The summed E-state index contributed by atoms with van der Waals surface area (Å²) in [6.45, 7) is 3.46. The lowest BCUT2D eigenvalue weighted by atomic mass is 10.0. The van der Waals surface area contributed by atoms with Crippen molar-refractivity contribution < 1.29 is 23.9 Å². The van der Waals surface area contributed by atoms with E-state index in [4.69, 9.17) is 40.2 Å². The van der Waals surface area contributed by atoms with Gasteiger partial charge in [0.15, 0.2) is 11.7 Å². The summed E-state index contributed by atoms with van der Waals surface area (Å²) >= 11 is 17.5. The van der Waals surface area contributed by atoms with Crippen molar-refractivity contribution in [2.24, 2.45) is 0 Å². The Kier molecular flexibility index (Phi) is 7.86. The van der Waals surface area contributed by atoms with Gasteiger partial charge in [0.2, 0.25) is 0 Å². The molecule has 3 rings (SSSR count). The number of anilines is 1. The van der Waals surface area contributed by atoms with E-state index in [0.29, 0.717) is 23.3 Å². The number of rotatable bonds is 7. The zero-order valence-electron chi connectivity index (χ0n) is 17.4. The third-order valence-electron chi connectivity index (χ3n) is 4.61. The molecule has 0 bridgehead atoms. The fourth-order valence-corrected chi connectivity index (χ4v) is 3.70. The maximum absolute atomic E-state index is 13.2. The number of allylic oxidation sites excluding steroid dienone is 1. The molecular formula is C23H18Cl2N2O5S. The highest BCUT2D eigenvalue weighted by atomic mass is 35.5. The third kappa shape index (κ3) is 5.42. The first-order valence-corrected chi connectivity index (χ1v) is 10.7. The second kappa shape index (κ2) is 10.6. The minimum absolute atomic E-state index is 0.106. The first-order valence-electron chi connectivity index (χ1n) is 9.55. The summed E-state index contributed by atoms with van der Waals surface area (Å²) in [6.07, 6.45) is 3.53. The lowest BCUT2D eigenvalue weighted by molar-refractivity contribution is -0.143. The number of thiocarbonyl (C=S) groups is 1. The molecule has 1 N–H and O–H groups in total. The molecule has 0 radical (unpaired) electrons. The van der Waals surface area contributed by atoms with Crippen LogP contribution >= 0.6 is 35.4 Å². The van der Waals surface area contributed by atoms with Crippen LogP contribution in [0.5, 0.6) is 5.75 Å². The molecule has 170 valence electrons. The third-order valence-corrected chi connectivity index (χ3v) is 5.70. The molecular weight excluding hydrogens is 487 g/mol. The van der Waals surface area contributed by atoms with Gasteiger partial charge >= 0.3 is 5.97 Å². The van der Waals surface area contributed by atoms with E-state index in [1.54, 1.807) is 42.5 Å². The summed E-state index contributed by atoms with van der Waals surface area (Å²) in [6, 6.07) is 9.78. The molecule has 7 nitrogen and oxygen atoms in total. The van der Waals surface area contributed by atoms with Crippen molar-refractivity contribution in [3.8, 4) is 5.75 Å². The van der Waals surface area contributed by atoms with Crippen LogP contribution in [0.15, 0.2) is 54.6 Å². The van der Waals surface area contributed by atoms with Crippen LogP contribution in [0.1, 0.15) is 11.1 Å². The Morgan fingerprint density at radius 2 is 2.00 bits per heavy atom. The van der Waals surface area contributed by atoms with Gasteiger partial charge in [0.1, 0.15) is 11.3 Å². The molecule has 0 unspecified atom stereocenters. The Bertz CT molecular complexity index is 1200. The number of hydrogen-bond acceptors (Lipinski definition) is 6. The van der Waals surface area contributed by atoms with E-state index in [-0.39, 0.29) is 33.0 Å². The molecule has 0 atom stereocenters. The maximum Gasteiger partial charge on any atom is 0.343 e. The zero-order chi connectivity index (χ0) is 24.1. The average Bonchev–Trinajstić information content (AvgIpc) is 2.78. The SMILES string of the molecule is C=CCc1cc(/C=C2\C(=O)NC(=S)N(c3cccc(Cl)c3Cl)C2=O)ccc1OCC(=O)OC. The zero-order valence-corrected chi connectivity index (χ0v) is 19.7. The number of carbonyl (C=O) groups excluding carboxylic acids is 3. The average molecular weight is 505 g/mol. The highest BCUT2D eigenvalue weighted by molar-refractivity contribution is 7.80. The number of nitrogens with one attached hydrogen (secondary N) is 1. The normalized spacial score (nSPS) is 14.8. The van der Waals surface area contributed by atoms with Crippen molar-refractivity contribution in [1.29, 1.82) is 0 Å². The second-order valence-electron chi connectivity index (χ2n) is 6.76. The lowest BCUT2D eigenvalue weighted by Crippen LogP contribution is -2.54. The van der Waals surface area contributed by atoms with Crippen molar-refractivity contribution in [3.63, 3.8) is 0 Å². The lowest BCUT2D eigenvalue weighted by Gasteiger charge is -2.29. The highest BCUT2D eigenvalue weighted by Gasteiger charge is 2.35. The van der Waals surface area contributed by atoms with E-state index in [9.17, 15) is 14.4 Å². The Balaban J connectivity index is 1.97. The van der Waals surface area contributed by atoms with Crippen molar-refractivity contribution in [1.82, 2.24) is 5.32 Å². The maximum atomic E-state index is 13.2. The van der Waals surface area contributed by atoms with Crippen LogP contribution in [0, 0.1) is 0 Å². The summed E-state index contributed by atoms with van der Waals surface area (Å²) in [7, 11) is 1.27. The number of hydrogen-bond donors (Lipinski definition) is 1. The summed E-state index contributed by atoms with van der Waals surface area (Å²) < 4.78 is 10.1. The number of carbonyl (C=O) groups is 3. The standard InChI is InChI=1S/C23H18Cl2N2O5S/c1-3-5-14-10-13(8-9-18(14)32-12-19(28)31-2)11-15-21(29)26-23(33)27(22(15)30)17-7-4-6-16(24)20(17)25/h3-4,6-11H,1,5,12H2,2H3,(H,26,29,33)/b15-11+. The molecule has 0 saturated carbocycles. The van der Waals surface area contributed by atoms with Gasteiger partial charge < -0.3 is 9.47 Å². The molecule has 10 heteroatoms. The van der Waals surface area contributed by atoms with Crippen LogP contribution in [0.3, 0.4) is 0 Å². The summed E-state index contributed by atoms with van der Waals surface area (Å²) in [5.41, 5.74) is 1.37. The Labute approximate surface area is 205 Å². The second-order valence-corrected chi connectivity index (χ2v) is 7.93. The predicted octanol–water partition coefficient (Wildman–Crippen LogP) is 4.11. The Morgan fingerprint density at radius 3 is 2.70 bits per heavy atom. The molecule has 2 amide bonds. The van der Waals surface area contributed by atoms with E-state index >= 15 is 0 Å². The number of halogens is 2. The fraction of sp³-hybridized carbons (Fsp3) is 0.130. The Morgan fingerprint density at radius 1 is 1.24 bits per heavy atom. The monoisotopic (exact) mass is 504 g/mol. The largest absolute Gasteiger partial charge is 0.482 e. The van der Waals surface area contributed by atoms with Crippen LogP contribution in [-0.4, -0.2) is 36.6 Å². The summed E-state index contributed by atoms with van der Waals surface area (Å²) in [5.74, 6) is -1.36. The molecule has 0 spiro atoms. The van der Waals surface area contributed by atoms with E-state index in [2.05, 4.69) is 16.6 Å². The van der Waals surface area contributed by atoms with Crippen LogP contribution in [0.4, 0.5) is 5.69 Å². The van der Waals surface area contributed by atoms with Crippen molar-refractivity contribution >= 4 is 70.1 Å². The molecule has 33 heavy (non-hydrogen) atoms. The topological polar surface area (TPSA) is 84.9 Å². The van der Waals surface area contributed by atoms with Crippen LogP contribution < -0.4 is 15.0 Å². The van der Waals surface area contributed by atoms with Crippen LogP contribution in [-0.2, 0) is 25.5 Å². The van der Waals surface area contributed by atoms with Crippen molar-refractivity contribution in [2.45, 2.75) is 6.42 Å². The van der Waals surface area contributed by atoms with Gasteiger partial charge in [0, 0.05) is 0 Å². The number of esters is 1. The predicted molar refractivity (Wildman–Crippen MR) is 131 cm³/mol. The number of ether oxygens (including phenoxy) is 2. The van der Waals surface area contributed by atoms with Gasteiger partial charge in [-0.1, -0.05) is 41.4 Å². The first kappa shape index (κ1) is 24.4. The van der Waals surface area contributed by atoms with Crippen LogP contribution in [0.2, 0.25) is 10.0 Å². The molecule has 1 fully saturated rings. The first-order chi connectivity index (χ1) is 15.8. The van der Waals surface area contributed by atoms with E-state index in [0.717, 1.165) is 4.90 Å². The molecule has 0 aromatic heterocycles. The molecule has 2 aromatic carbocycles. The van der Waals surface area contributed by atoms with Crippen LogP contribution in [0.25, 0.3) is 6.08 Å². The summed E-state index contributed by atoms with van der Waals surface area (Å²) in [4.78, 5) is 38.3. The van der Waals surface area contributed by atoms with E-state index in [1.807, 2.05) is 0 Å². The quantitative estimate of drug-likeness (QED) is 0.201. The molecule has 2 aromatic rings. The van der Waals surface area contributed by atoms with Gasteiger partial charge in [-0.05, 0) is 60.1 Å². The highest BCUT2D eigenvalue weighted by Crippen LogP contribution is 2.34. The smallest absolute Gasteiger partial charge is 0.343 e. The van der Waals surface area contributed by atoms with Crippen molar-refractivity contribution in [3.05, 3.63) is 75.8 Å². The summed E-state index contributed by atoms with van der Waals surface area (Å²) in [5, 5.41) is 2.76. The minimum Gasteiger partial charge on any atom is -0.482 e. The number of amides is 2. The molecule has 1 saturated heterocycles. The minimum atomic E-state index is -0.649. The van der Waals surface area contributed by atoms with E-state index < -0.39 is 17.8 Å². The number of methoxy groups -OCH3 is 1. The molecule has 1 aliphatic rings. The fourth-order valence-electron chi connectivity index (χ4n) is 3.05. The van der Waals surface area contributed by atoms with Gasteiger partial charge in [-0.3, -0.25) is 19.8 Å². The van der Waals surface area contributed by atoms with Gasteiger partial charge in [-0.2, -0.15) is 0 Å². The Hall–Kier alpha value is -3.20.